The van der Waals surface area contributed by atoms with E-state index >= 15 is 0 Å². The van der Waals surface area contributed by atoms with Gasteiger partial charge in [-0.05, 0) is 61.1 Å². The van der Waals surface area contributed by atoms with Gasteiger partial charge in [0.25, 0.3) is 5.91 Å². The fourth-order valence-electron chi connectivity index (χ4n) is 5.41. The first-order valence-corrected chi connectivity index (χ1v) is 12.0. The third kappa shape index (κ3) is 3.65. The fraction of sp³-hybridized carbons (Fsp3) is 0.357. The number of aromatic nitrogens is 2. The Labute approximate surface area is 203 Å². The zero-order valence-corrected chi connectivity index (χ0v) is 20.6. The SMILES string of the molecule is Cc1nn2c(C(C)C)c(C(=O)N3CCc4ccoc4C3C(C)C)ccc2c1-c1c(F)cccc1F. The molecule has 5 nitrogen and oxygen atoms in total. The first kappa shape index (κ1) is 23.3. The van der Waals surface area contributed by atoms with Crippen molar-refractivity contribution in [2.45, 2.75) is 53.0 Å². The molecule has 0 bridgehead atoms. The predicted molar refractivity (Wildman–Crippen MR) is 130 cm³/mol. The maximum Gasteiger partial charge on any atom is 0.256 e. The minimum absolute atomic E-state index is 0.0586. The topological polar surface area (TPSA) is 50.8 Å². The molecule has 1 amide bonds. The van der Waals surface area contributed by atoms with Crippen LogP contribution < -0.4 is 0 Å². The van der Waals surface area contributed by atoms with Gasteiger partial charge in [-0.3, -0.25) is 4.79 Å². The third-order valence-corrected chi connectivity index (χ3v) is 6.90. The minimum atomic E-state index is -0.642. The van der Waals surface area contributed by atoms with Gasteiger partial charge in [0.15, 0.2) is 0 Å². The fourth-order valence-corrected chi connectivity index (χ4v) is 5.41. The largest absolute Gasteiger partial charge is 0.467 e. The molecule has 0 aliphatic carbocycles. The molecule has 182 valence electrons. The molecular formula is C28H29F2N3O2. The molecule has 0 saturated carbocycles. The summed E-state index contributed by atoms with van der Waals surface area (Å²) < 4.78 is 36.9. The van der Waals surface area contributed by atoms with Crippen molar-refractivity contribution in [2.24, 2.45) is 5.92 Å². The van der Waals surface area contributed by atoms with Gasteiger partial charge in [-0.15, -0.1) is 0 Å². The van der Waals surface area contributed by atoms with Crippen molar-refractivity contribution in [3.8, 4) is 11.1 Å². The summed E-state index contributed by atoms with van der Waals surface area (Å²) in [5.74, 6) is -0.426. The molecular weight excluding hydrogens is 448 g/mol. The lowest BCUT2D eigenvalue weighted by Gasteiger charge is -2.37. The monoisotopic (exact) mass is 477 g/mol. The molecule has 1 aliphatic heterocycles. The first-order chi connectivity index (χ1) is 16.7. The Bertz CT molecular complexity index is 1410. The van der Waals surface area contributed by atoms with Crippen molar-refractivity contribution in [1.29, 1.82) is 0 Å². The smallest absolute Gasteiger partial charge is 0.256 e. The van der Waals surface area contributed by atoms with Gasteiger partial charge in [0.05, 0.1) is 40.3 Å². The van der Waals surface area contributed by atoms with Gasteiger partial charge in [-0.1, -0.05) is 33.8 Å². The van der Waals surface area contributed by atoms with Crippen molar-refractivity contribution in [3.63, 3.8) is 0 Å². The summed E-state index contributed by atoms with van der Waals surface area (Å²) in [6.45, 7) is 10.5. The number of fused-ring (bicyclic) bond motifs is 2. The van der Waals surface area contributed by atoms with Crippen LogP contribution in [-0.2, 0) is 6.42 Å². The normalized spacial score (nSPS) is 15.9. The van der Waals surface area contributed by atoms with Gasteiger partial charge >= 0.3 is 0 Å². The van der Waals surface area contributed by atoms with E-state index in [1.165, 1.54) is 18.2 Å². The minimum Gasteiger partial charge on any atom is -0.467 e. The molecule has 1 aromatic carbocycles. The van der Waals surface area contributed by atoms with Gasteiger partial charge in [0.1, 0.15) is 17.4 Å². The Morgan fingerprint density at radius 2 is 1.77 bits per heavy atom. The van der Waals surface area contributed by atoms with Crippen LogP contribution >= 0.6 is 0 Å². The number of hydrogen-bond acceptors (Lipinski definition) is 3. The highest BCUT2D eigenvalue weighted by molar-refractivity contribution is 5.97. The molecule has 0 N–H and O–H groups in total. The molecule has 3 aromatic heterocycles. The standard InChI is InChI=1S/C28H29F2N3O2/c1-15(2)25-19(28(34)32-13-11-18-12-14-35-27(18)26(32)16(3)4)9-10-22-23(17(5)31-33(22)25)24-20(29)7-6-8-21(24)30/h6-10,12,14-16,26H,11,13H2,1-5H3. The number of benzene rings is 1. The molecule has 35 heavy (non-hydrogen) atoms. The van der Waals surface area contributed by atoms with E-state index in [0.717, 1.165) is 17.7 Å². The second-order valence-corrected chi connectivity index (χ2v) is 9.89. The van der Waals surface area contributed by atoms with E-state index in [-0.39, 0.29) is 29.3 Å². The van der Waals surface area contributed by atoms with E-state index in [1.807, 2.05) is 24.8 Å². The number of carbonyl (C=O) groups excluding carboxylic acids is 1. The molecule has 1 atom stereocenters. The van der Waals surface area contributed by atoms with Gasteiger partial charge in [0.2, 0.25) is 0 Å². The number of amides is 1. The molecule has 5 rings (SSSR count). The number of pyridine rings is 1. The van der Waals surface area contributed by atoms with Crippen molar-refractivity contribution in [2.75, 3.05) is 6.54 Å². The number of nitrogens with zero attached hydrogens (tertiary/aromatic N) is 3. The van der Waals surface area contributed by atoms with E-state index in [4.69, 9.17) is 4.42 Å². The van der Waals surface area contributed by atoms with Crippen LogP contribution in [0.5, 0.6) is 0 Å². The van der Waals surface area contributed by atoms with Crippen LogP contribution in [0, 0.1) is 24.5 Å². The molecule has 0 fully saturated rings. The summed E-state index contributed by atoms with van der Waals surface area (Å²) in [5, 5.41) is 4.66. The average molecular weight is 478 g/mol. The lowest BCUT2D eigenvalue weighted by Crippen LogP contribution is -2.42. The van der Waals surface area contributed by atoms with E-state index in [9.17, 15) is 13.6 Å². The van der Waals surface area contributed by atoms with E-state index in [2.05, 4.69) is 18.9 Å². The third-order valence-electron chi connectivity index (χ3n) is 6.90. The maximum absolute atomic E-state index is 14.7. The summed E-state index contributed by atoms with van der Waals surface area (Å²) in [4.78, 5) is 15.9. The Balaban J connectivity index is 1.67. The number of aryl methyl sites for hydroxylation is 1. The molecule has 1 aliphatic rings. The van der Waals surface area contributed by atoms with Crippen molar-refractivity contribution >= 4 is 11.4 Å². The second-order valence-electron chi connectivity index (χ2n) is 9.89. The van der Waals surface area contributed by atoms with Crippen molar-refractivity contribution in [3.05, 3.63) is 82.6 Å². The summed E-state index contributed by atoms with van der Waals surface area (Å²) in [7, 11) is 0. The number of halogens is 2. The van der Waals surface area contributed by atoms with Crippen molar-refractivity contribution < 1.29 is 18.0 Å². The second kappa shape index (κ2) is 8.63. The summed E-state index contributed by atoms with van der Waals surface area (Å²) in [5.41, 5.74) is 3.77. The Hall–Kier alpha value is -3.48. The van der Waals surface area contributed by atoms with Gasteiger partial charge < -0.3 is 9.32 Å². The highest BCUT2D eigenvalue weighted by Gasteiger charge is 2.37. The summed E-state index contributed by atoms with van der Waals surface area (Å²) in [6, 6.07) is 9.16. The van der Waals surface area contributed by atoms with E-state index < -0.39 is 11.6 Å². The zero-order chi connectivity index (χ0) is 25.0. The lowest BCUT2D eigenvalue weighted by atomic mass is 9.91. The molecule has 0 radical (unpaired) electrons. The summed E-state index contributed by atoms with van der Waals surface area (Å²) >= 11 is 0. The summed E-state index contributed by atoms with van der Waals surface area (Å²) in [6.07, 6.45) is 2.42. The van der Waals surface area contributed by atoms with Crippen LogP contribution in [0.2, 0.25) is 0 Å². The number of furan rings is 1. The Morgan fingerprint density at radius 3 is 2.43 bits per heavy atom. The van der Waals surface area contributed by atoms with Gasteiger partial charge in [0, 0.05) is 12.1 Å². The maximum atomic E-state index is 14.7. The molecule has 0 saturated heterocycles. The van der Waals surface area contributed by atoms with Crippen LogP contribution in [0.1, 0.15) is 72.7 Å². The van der Waals surface area contributed by atoms with Crippen LogP contribution in [0.4, 0.5) is 8.78 Å². The van der Waals surface area contributed by atoms with Gasteiger partial charge in [-0.25, -0.2) is 13.3 Å². The van der Waals surface area contributed by atoms with Crippen molar-refractivity contribution in [1.82, 2.24) is 14.5 Å². The molecule has 7 heteroatoms. The number of hydrogen-bond donors (Lipinski definition) is 0. The highest BCUT2D eigenvalue weighted by atomic mass is 19.1. The first-order valence-electron chi connectivity index (χ1n) is 12.0. The van der Waals surface area contributed by atoms with Crippen LogP contribution in [0.3, 0.4) is 0 Å². The molecule has 4 heterocycles. The molecule has 4 aromatic rings. The van der Waals surface area contributed by atoms with E-state index in [1.54, 1.807) is 29.8 Å². The zero-order valence-electron chi connectivity index (χ0n) is 20.6. The predicted octanol–water partition coefficient (Wildman–Crippen LogP) is 6.70. The molecule has 0 spiro atoms. The van der Waals surface area contributed by atoms with E-state index in [0.29, 0.717) is 34.6 Å². The number of rotatable bonds is 4. The highest BCUT2D eigenvalue weighted by Crippen LogP contribution is 2.39. The van der Waals surface area contributed by atoms with Gasteiger partial charge in [-0.2, -0.15) is 5.10 Å². The lowest BCUT2D eigenvalue weighted by molar-refractivity contribution is 0.0561. The molecule has 1 unspecified atom stereocenters. The van der Waals surface area contributed by atoms with Crippen LogP contribution in [0.25, 0.3) is 16.6 Å². The Morgan fingerprint density at radius 1 is 1.06 bits per heavy atom. The average Bonchev–Trinajstić information content (AvgIpc) is 3.41. The Kier molecular flexibility index (Phi) is 5.74. The van der Waals surface area contributed by atoms with Crippen LogP contribution in [-0.4, -0.2) is 27.0 Å². The quantitative estimate of drug-likeness (QED) is 0.329. The van der Waals surface area contributed by atoms with Crippen LogP contribution in [0.15, 0.2) is 47.1 Å². The number of carbonyl (C=O) groups is 1.